The van der Waals surface area contributed by atoms with Crippen molar-refractivity contribution in [1.82, 2.24) is 0 Å². The fourth-order valence-electron chi connectivity index (χ4n) is 11.9. The van der Waals surface area contributed by atoms with Gasteiger partial charge in [-0.3, -0.25) is 0 Å². The minimum Gasteiger partial charge on any atom is -0.338 e. The molecule has 0 saturated carbocycles. The van der Waals surface area contributed by atoms with Gasteiger partial charge in [-0.25, -0.2) is 0 Å². The molecule has 0 aliphatic heterocycles. The average Bonchev–Trinajstić information content (AvgIpc) is 4.19. The molecule has 0 unspecified atom stereocenters. The zero-order valence-electron chi connectivity index (χ0n) is 42.9. The van der Waals surface area contributed by atoms with Gasteiger partial charge in [0.05, 0.1) is 5.41 Å². The molecular weight excluding hydrogens is 933 g/mol. The Labute approximate surface area is 452 Å². The van der Waals surface area contributed by atoms with Crippen LogP contribution in [0.2, 0.25) is 0 Å². The number of allylic oxidation sites excluding steroid dienone is 3. The van der Waals surface area contributed by atoms with Crippen LogP contribution in [0.25, 0.3) is 22.3 Å². The number of nitrogens with zero attached hydrogens (tertiary/aromatic N) is 4. The van der Waals surface area contributed by atoms with Crippen LogP contribution in [0.3, 0.4) is 0 Å². The van der Waals surface area contributed by atoms with Gasteiger partial charge in [-0.05, 0) is 185 Å². The quantitative estimate of drug-likeness (QED) is 0.101. The van der Waals surface area contributed by atoms with E-state index in [9.17, 15) is 0 Å². The van der Waals surface area contributed by atoms with E-state index in [1.807, 2.05) is 0 Å². The third-order valence-electron chi connectivity index (χ3n) is 15.2. The molecule has 13 rings (SSSR count). The maximum Gasteiger partial charge on any atom is 0.0728 e. The van der Waals surface area contributed by atoms with Crippen molar-refractivity contribution in [3.63, 3.8) is 0 Å². The summed E-state index contributed by atoms with van der Waals surface area (Å²) in [6, 6.07) is 104. The summed E-state index contributed by atoms with van der Waals surface area (Å²) in [5.74, 6) is 0. The summed E-state index contributed by atoms with van der Waals surface area (Å²) in [5.41, 5.74) is 21.1. The molecule has 0 radical (unpaired) electrons. The SMILES string of the molecule is C/C=C\C=C/CN(c1ccccc1)c1ccc2c(c1)C1(c3cc(N(c4ccccc4)c4ccccc4)ccc3-2)c2cc(N(c3ccccc3)c3ccccc3)ccc2-c2ccc(N(c3ccccc3)c3ccccc3)cc21. The van der Waals surface area contributed by atoms with E-state index in [0.29, 0.717) is 6.54 Å². The Balaban J connectivity index is 1.14. The zero-order chi connectivity index (χ0) is 51.5. The first-order valence-electron chi connectivity index (χ1n) is 26.6. The predicted octanol–water partition coefficient (Wildman–Crippen LogP) is 19.7. The summed E-state index contributed by atoms with van der Waals surface area (Å²) in [6.07, 6.45) is 8.58. The van der Waals surface area contributed by atoms with Crippen molar-refractivity contribution in [3.05, 3.63) is 332 Å². The van der Waals surface area contributed by atoms with Gasteiger partial charge in [-0.1, -0.05) is 176 Å². The predicted molar refractivity (Wildman–Crippen MR) is 324 cm³/mol. The highest BCUT2D eigenvalue weighted by Crippen LogP contribution is 2.65. The minimum absolute atomic E-state index is 0.689. The van der Waals surface area contributed by atoms with E-state index in [4.69, 9.17) is 0 Å². The van der Waals surface area contributed by atoms with Gasteiger partial charge in [-0.2, -0.15) is 0 Å². The van der Waals surface area contributed by atoms with Crippen LogP contribution in [0.1, 0.15) is 29.2 Å². The Bertz CT molecular complexity index is 3510. The van der Waals surface area contributed by atoms with Crippen molar-refractivity contribution in [2.24, 2.45) is 0 Å². The van der Waals surface area contributed by atoms with Crippen LogP contribution in [-0.4, -0.2) is 6.54 Å². The van der Waals surface area contributed by atoms with Gasteiger partial charge >= 0.3 is 0 Å². The maximum atomic E-state index is 2.51. The third kappa shape index (κ3) is 8.37. The van der Waals surface area contributed by atoms with E-state index >= 15 is 0 Å². The van der Waals surface area contributed by atoms with Crippen LogP contribution in [0.4, 0.5) is 62.6 Å². The smallest absolute Gasteiger partial charge is 0.0728 e. The standard InChI is InChI=1S/C73H56N4/c1-2-3-4-26-49-74(54-27-12-5-13-28-54)61-41-45-65-66-46-42-62(75(55-29-14-6-15-30-55)56-31-16-7-17-32-56)51-70(66)73(69(65)50-61)71-52-63(76(57-33-18-8-19-34-57)58-35-20-9-21-36-58)43-47-67(71)68-48-44-64(53-72(68)73)77(59-37-22-10-23-38-59)60-39-24-11-25-40-60/h2-48,50-53H,49H2,1H3/b3-2-,26-4-. The fraction of sp³-hybridized carbons (Fsp3) is 0.0411. The van der Waals surface area contributed by atoms with Crippen molar-refractivity contribution in [3.8, 4) is 22.3 Å². The van der Waals surface area contributed by atoms with Crippen molar-refractivity contribution in [2.45, 2.75) is 12.3 Å². The molecule has 0 aromatic heterocycles. The highest BCUT2D eigenvalue weighted by atomic mass is 15.2. The van der Waals surface area contributed by atoms with Crippen molar-refractivity contribution in [1.29, 1.82) is 0 Å². The van der Waals surface area contributed by atoms with Gasteiger partial charge < -0.3 is 19.6 Å². The number of para-hydroxylation sites is 7. The Morgan fingerprint density at radius 1 is 0.273 bits per heavy atom. The molecule has 0 heterocycles. The van der Waals surface area contributed by atoms with Gasteiger partial charge in [0, 0.05) is 69.1 Å². The molecule has 2 aliphatic carbocycles. The summed E-state index contributed by atoms with van der Waals surface area (Å²) in [4.78, 5) is 9.65. The second-order valence-electron chi connectivity index (χ2n) is 19.6. The van der Waals surface area contributed by atoms with Gasteiger partial charge in [-0.15, -0.1) is 0 Å². The maximum absolute atomic E-state index is 2.51. The summed E-state index contributed by atoms with van der Waals surface area (Å²) in [6.45, 7) is 2.75. The molecule has 0 amide bonds. The number of fused-ring (bicyclic) bond motifs is 10. The molecule has 1 spiro atoms. The Morgan fingerprint density at radius 3 is 0.818 bits per heavy atom. The number of benzene rings is 11. The van der Waals surface area contributed by atoms with E-state index in [1.165, 1.54) is 44.5 Å². The van der Waals surface area contributed by atoms with E-state index in [2.05, 4.69) is 336 Å². The molecule has 77 heavy (non-hydrogen) atoms. The molecule has 0 bridgehead atoms. The topological polar surface area (TPSA) is 13.0 Å². The second-order valence-corrected chi connectivity index (χ2v) is 19.6. The molecular formula is C73H56N4. The van der Waals surface area contributed by atoms with Gasteiger partial charge in [0.1, 0.15) is 0 Å². The summed E-state index contributed by atoms with van der Waals surface area (Å²) >= 11 is 0. The molecule has 0 fully saturated rings. The molecule has 11 aromatic rings. The van der Waals surface area contributed by atoms with Crippen LogP contribution < -0.4 is 19.6 Å². The average molecular weight is 989 g/mol. The molecule has 4 heteroatoms. The zero-order valence-corrected chi connectivity index (χ0v) is 42.9. The molecule has 2 aliphatic rings. The van der Waals surface area contributed by atoms with Crippen LogP contribution >= 0.6 is 0 Å². The van der Waals surface area contributed by atoms with E-state index in [0.717, 1.165) is 62.6 Å². The number of anilines is 11. The number of hydrogen-bond donors (Lipinski definition) is 0. The Morgan fingerprint density at radius 2 is 0.532 bits per heavy atom. The van der Waals surface area contributed by atoms with Crippen LogP contribution in [0.15, 0.2) is 309 Å². The van der Waals surface area contributed by atoms with Crippen molar-refractivity contribution >= 4 is 62.6 Å². The fourth-order valence-corrected chi connectivity index (χ4v) is 11.9. The summed E-state index contributed by atoms with van der Waals surface area (Å²) in [5, 5.41) is 0. The molecule has 368 valence electrons. The lowest BCUT2D eigenvalue weighted by atomic mass is 9.70. The normalized spacial score (nSPS) is 12.5. The first kappa shape index (κ1) is 46.9. The summed E-state index contributed by atoms with van der Waals surface area (Å²) < 4.78 is 0. The van der Waals surface area contributed by atoms with Crippen LogP contribution in [0.5, 0.6) is 0 Å². The lowest BCUT2D eigenvalue weighted by Crippen LogP contribution is -2.27. The van der Waals surface area contributed by atoms with Crippen molar-refractivity contribution < 1.29 is 0 Å². The highest BCUT2D eigenvalue weighted by Gasteiger charge is 2.53. The Hall–Kier alpha value is -9.90. The van der Waals surface area contributed by atoms with Gasteiger partial charge in [0.25, 0.3) is 0 Å². The first-order valence-corrected chi connectivity index (χ1v) is 26.6. The number of rotatable bonds is 14. The lowest BCUT2D eigenvalue weighted by molar-refractivity contribution is 0.793. The van der Waals surface area contributed by atoms with E-state index in [1.54, 1.807) is 0 Å². The minimum atomic E-state index is -0.798. The second kappa shape index (κ2) is 20.4. The lowest BCUT2D eigenvalue weighted by Gasteiger charge is -2.35. The third-order valence-corrected chi connectivity index (χ3v) is 15.2. The number of hydrogen-bond acceptors (Lipinski definition) is 4. The monoisotopic (exact) mass is 988 g/mol. The van der Waals surface area contributed by atoms with Gasteiger partial charge in [0.15, 0.2) is 0 Å². The van der Waals surface area contributed by atoms with Crippen molar-refractivity contribution in [2.75, 3.05) is 26.1 Å². The van der Waals surface area contributed by atoms with E-state index < -0.39 is 5.41 Å². The molecule has 0 saturated heterocycles. The van der Waals surface area contributed by atoms with Gasteiger partial charge in [0.2, 0.25) is 0 Å². The van der Waals surface area contributed by atoms with E-state index in [-0.39, 0.29) is 0 Å². The largest absolute Gasteiger partial charge is 0.338 e. The first-order chi connectivity index (χ1) is 38.2. The van der Waals surface area contributed by atoms with Crippen LogP contribution in [0, 0.1) is 0 Å². The molecule has 11 aromatic carbocycles. The molecule has 0 atom stereocenters. The highest BCUT2D eigenvalue weighted by molar-refractivity contribution is 5.99. The van der Waals surface area contributed by atoms with Crippen LogP contribution in [-0.2, 0) is 5.41 Å². The molecule has 0 N–H and O–H groups in total. The molecule has 4 nitrogen and oxygen atoms in total. The summed E-state index contributed by atoms with van der Waals surface area (Å²) in [7, 11) is 0. The Kier molecular flexibility index (Phi) is 12.4.